The molecule has 2 aliphatic rings. The second-order valence-corrected chi connectivity index (χ2v) is 8.05. The Morgan fingerprint density at radius 3 is 2.86 bits per heavy atom. The van der Waals surface area contributed by atoms with Crippen molar-refractivity contribution in [1.29, 1.82) is 0 Å². The van der Waals surface area contributed by atoms with Crippen molar-refractivity contribution in [3.05, 3.63) is 47.8 Å². The Bertz CT molecular complexity index is 798. The highest BCUT2D eigenvalue weighted by atomic mass is 16.5. The van der Waals surface area contributed by atoms with Gasteiger partial charge in [-0.05, 0) is 68.8 Å². The minimum absolute atomic E-state index is 0.0701. The molecule has 6 nitrogen and oxygen atoms in total. The van der Waals surface area contributed by atoms with Crippen molar-refractivity contribution in [2.24, 2.45) is 0 Å². The molecule has 0 bridgehead atoms. The predicted molar refractivity (Wildman–Crippen MR) is 106 cm³/mol. The molecule has 1 saturated carbocycles. The van der Waals surface area contributed by atoms with Gasteiger partial charge in [0.2, 0.25) is 0 Å². The third kappa shape index (κ3) is 4.73. The van der Waals surface area contributed by atoms with Gasteiger partial charge in [0.25, 0.3) is 0 Å². The van der Waals surface area contributed by atoms with Crippen LogP contribution in [0.25, 0.3) is 0 Å². The molecule has 2 heterocycles. The lowest BCUT2D eigenvalue weighted by atomic mass is 9.94. The van der Waals surface area contributed by atoms with E-state index in [-0.39, 0.29) is 6.54 Å². The van der Waals surface area contributed by atoms with E-state index in [4.69, 9.17) is 9.84 Å². The van der Waals surface area contributed by atoms with Gasteiger partial charge >= 0.3 is 5.97 Å². The van der Waals surface area contributed by atoms with Crippen molar-refractivity contribution in [3.63, 3.8) is 0 Å². The van der Waals surface area contributed by atoms with Crippen LogP contribution in [0.4, 0.5) is 0 Å². The Hall–Kier alpha value is -2.34. The first-order valence-corrected chi connectivity index (χ1v) is 10.4. The number of likely N-dealkylation sites (tertiary alicyclic amines) is 1. The fourth-order valence-electron chi connectivity index (χ4n) is 4.56. The van der Waals surface area contributed by atoms with E-state index in [1.165, 1.54) is 31.2 Å². The summed E-state index contributed by atoms with van der Waals surface area (Å²) in [6, 6.07) is 10.5. The summed E-state index contributed by atoms with van der Waals surface area (Å²) in [6.07, 6.45) is 9.17. The Morgan fingerprint density at radius 1 is 1.18 bits per heavy atom. The molecule has 1 aliphatic carbocycles. The summed E-state index contributed by atoms with van der Waals surface area (Å²) in [6.45, 7) is 2.82. The first-order valence-electron chi connectivity index (χ1n) is 10.4. The van der Waals surface area contributed by atoms with E-state index >= 15 is 0 Å². The largest absolute Gasteiger partial charge is 0.490 e. The number of benzene rings is 1. The molecular weight excluding hydrogens is 354 g/mol. The highest BCUT2D eigenvalue weighted by Gasteiger charge is 2.25. The van der Waals surface area contributed by atoms with Crippen LogP contribution in [0.5, 0.6) is 5.75 Å². The average Bonchev–Trinajstić information content (AvgIpc) is 3.34. The molecular formula is C22H29N3O3. The number of aromatic nitrogens is 2. The fourth-order valence-corrected chi connectivity index (χ4v) is 4.56. The van der Waals surface area contributed by atoms with Crippen molar-refractivity contribution in [2.45, 2.75) is 63.6 Å². The number of aliphatic carboxylic acids is 1. The van der Waals surface area contributed by atoms with Crippen LogP contribution >= 0.6 is 0 Å². The molecule has 1 N–H and O–H groups in total. The maximum atomic E-state index is 11.1. The highest BCUT2D eigenvalue weighted by molar-refractivity contribution is 5.66. The lowest BCUT2D eigenvalue weighted by Crippen LogP contribution is -2.35. The van der Waals surface area contributed by atoms with Gasteiger partial charge in [-0.3, -0.25) is 14.4 Å². The van der Waals surface area contributed by atoms with E-state index in [9.17, 15) is 4.79 Å². The molecule has 150 valence electrons. The molecule has 1 unspecified atom stereocenters. The zero-order valence-corrected chi connectivity index (χ0v) is 16.3. The van der Waals surface area contributed by atoms with E-state index in [2.05, 4.69) is 34.3 Å². The van der Waals surface area contributed by atoms with Crippen LogP contribution < -0.4 is 4.74 Å². The van der Waals surface area contributed by atoms with Gasteiger partial charge in [-0.1, -0.05) is 12.1 Å². The van der Waals surface area contributed by atoms with Gasteiger partial charge in [-0.25, -0.2) is 0 Å². The Labute approximate surface area is 166 Å². The van der Waals surface area contributed by atoms with E-state index < -0.39 is 5.97 Å². The normalized spacial score (nSPS) is 21.1. The number of carboxylic acids is 1. The molecule has 28 heavy (non-hydrogen) atoms. The lowest BCUT2D eigenvalue weighted by molar-refractivity contribution is -0.137. The second-order valence-electron chi connectivity index (χ2n) is 8.05. The molecule has 1 aliphatic heterocycles. The number of piperidine rings is 1. The van der Waals surface area contributed by atoms with E-state index in [1.54, 1.807) is 10.9 Å². The summed E-state index contributed by atoms with van der Waals surface area (Å²) in [5, 5.41) is 13.3. The lowest BCUT2D eigenvalue weighted by Gasteiger charge is -2.33. The second kappa shape index (κ2) is 8.78. The van der Waals surface area contributed by atoms with Gasteiger partial charge < -0.3 is 9.84 Å². The molecule has 0 amide bonds. The van der Waals surface area contributed by atoms with Crippen molar-refractivity contribution < 1.29 is 14.6 Å². The minimum atomic E-state index is -0.850. The smallest absolute Gasteiger partial charge is 0.325 e. The number of rotatable bonds is 7. The number of carboxylic acid groups (broad SMARTS) is 1. The van der Waals surface area contributed by atoms with Crippen LogP contribution in [0, 0.1) is 0 Å². The van der Waals surface area contributed by atoms with Gasteiger partial charge in [0, 0.05) is 30.9 Å². The zero-order chi connectivity index (χ0) is 19.3. The molecule has 0 spiro atoms. The molecule has 2 aromatic rings. The van der Waals surface area contributed by atoms with Gasteiger partial charge in [0.1, 0.15) is 12.3 Å². The summed E-state index contributed by atoms with van der Waals surface area (Å²) in [7, 11) is 0. The average molecular weight is 383 g/mol. The molecule has 0 radical (unpaired) electrons. The Kier molecular flexibility index (Phi) is 5.95. The van der Waals surface area contributed by atoms with Crippen LogP contribution in [0.2, 0.25) is 0 Å². The number of carbonyl (C=O) groups is 1. The first-order chi connectivity index (χ1) is 13.7. The summed E-state index contributed by atoms with van der Waals surface area (Å²) in [5.74, 6) is 0.461. The van der Waals surface area contributed by atoms with Crippen LogP contribution in [-0.2, 0) is 17.9 Å². The summed E-state index contributed by atoms with van der Waals surface area (Å²) >= 11 is 0. The van der Waals surface area contributed by atoms with Crippen LogP contribution in [0.3, 0.4) is 0 Å². The van der Waals surface area contributed by atoms with Crippen LogP contribution in [-0.4, -0.2) is 44.9 Å². The third-order valence-electron chi connectivity index (χ3n) is 5.87. The summed E-state index contributed by atoms with van der Waals surface area (Å²) in [4.78, 5) is 13.5. The molecule has 2 fully saturated rings. The minimum Gasteiger partial charge on any atom is -0.490 e. The number of hydrogen-bond acceptors (Lipinski definition) is 4. The van der Waals surface area contributed by atoms with Crippen molar-refractivity contribution >= 4 is 5.97 Å². The Morgan fingerprint density at radius 2 is 2.04 bits per heavy atom. The van der Waals surface area contributed by atoms with Gasteiger partial charge in [0.05, 0.1) is 6.10 Å². The molecule has 1 saturated heterocycles. The van der Waals surface area contributed by atoms with E-state index in [0.29, 0.717) is 12.0 Å². The molecule has 1 atom stereocenters. The zero-order valence-electron chi connectivity index (χ0n) is 16.3. The maximum absolute atomic E-state index is 11.1. The number of nitrogens with zero attached hydrogens (tertiary/aromatic N) is 3. The van der Waals surface area contributed by atoms with Crippen molar-refractivity contribution in [1.82, 2.24) is 14.7 Å². The van der Waals surface area contributed by atoms with Crippen molar-refractivity contribution in [2.75, 3.05) is 13.1 Å². The number of ether oxygens (including phenoxy) is 1. The molecule has 4 rings (SSSR count). The summed E-state index contributed by atoms with van der Waals surface area (Å²) < 4.78 is 7.78. The summed E-state index contributed by atoms with van der Waals surface area (Å²) in [5.41, 5.74) is 2.31. The third-order valence-corrected chi connectivity index (χ3v) is 5.87. The SMILES string of the molecule is O=C(O)Cn1nccc1C1CCCN(Cc2cccc(OC3CCCC3)c2)C1. The maximum Gasteiger partial charge on any atom is 0.325 e. The molecule has 1 aromatic heterocycles. The fraction of sp³-hybridized carbons (Fsp3) is 0.545. The predicted octanol–water partition coefficient (Wildman–Crippen LogP) is 3.67. The van der Waals surface area contributed by atoms with Gasteiger partial charge in [-0.15, -0.1) is 0 Å². The van der Waals surface area contributed by atoms with E-state index in [0.717, 1.165) is 43.9 Å². The topological polar surface area (TPSA) is 67.6 Å². The molecule has 6 heteroatoms. The van der Waals surface area contributed by atoms with E-state index in [1.807, 2.05) is 6.07 Å². The Balaban J connectivity index is 1.39. The van der Waals surface area contributed by atoms with Gasteiger partial charge in [0.15, 0.2) is 0 Å². The molecule has 1 aromatic carbocycles. The van der Waals surface area contributed by atoms with Gasteiger partial charge in [-0.2, -0.15) is 5.10 Å². The van der Waals surface area contributed by atoms with Crippen LogP contribution in [0.15, 0.2) is 36.5 Å². The highest BCUT2D eigenvalue weighted by Crippen LogP contribution is 2.29. The number of hydrogen-bond donors (Lipinski definition) is 1. The van der Waals surface area contributed by atoms with Crippen molar-refractivity contribution in [3.8, 4) is 5.75 Å². The standard InChI is InChI=1S/C22H29N3O3/c26-22(27)16-25-21(10-11-23-25)18-6-4-12-24(15-18)14-17-5-3-9-20(13-17)28-19-7-1-2-8-19/h3,5,9-11,13,18-19H,1-2,4,6-8,12,14-16H2,(H,26,27). The first kappa shape index (κ1) is 19.0. The van der Waals surface area contributed by atoms with Crippen LogP contribution in [0.1, 0.15) is 55.7 Å². The quantitative estimate of drug-likeness (QED) is 0.790. The monoisotopic (exact) mass is 383 g/mol.